The highest BCUT2D eigenvalue weighted by atomic mass is 32.2. The number of morpholine rings is 1. The van der Waals surface area contributed by atoms with Crippen LogP contribution in [0.5, 0.6) is 0 Å². The average molecular weight is 489 g/mol. The van der Waals surface area contributed by atoms with Gasteiger partial charge in [-0.3, -0.25) is 4.79 Å². The summed E-state index contributed by atoms with van der Waals surface area (Å²) >= 11 is 0. The molecule has 2 aliphatic rings. The summed E-state index contributed by atoms with van der Waals surface area (Å²) in [6, 6.07) is 12.6. The predicted molar refractivity (Wildman–Crippen MR) is 120 cm³/mol. The molecule has 1 amide bonds. The number of hydrogen-bond acceptors (Lipinski definition) is 8. The number of esters is 2. The second kappa shape index (κ2) is 9.92. The molecule has 1 N–H and O–H groups in total. The number of anilines is 1. The van der Waals surface area contributed by atoms with Gasteiger partial charge in [0.05, 0.1) is 23.7 Å². The molecule has 180 valence electrons. The average Bonchev–Trinajstić information content (AvgIpc) is 2.84. The Morgan fingerprint density at radius 1 is 1.12 bits per heavy atom. The monoisotopic (exact) mass is 488 g/mol. The molecule has 34 heavy (non-hydrogen) atoms. The van der Waals surface area contributed by atoms with Crippen LogP contribution in [0.15, 0.2) is 53.4 Å². The third-order valence-electron chi connectivity index (χ3n) is 5.53. The molecule has 2 aromatic rings. The topological polar surface area (TPSA) is 128 Å². The van der Waals surface area contributed by atoms with Crippen molar-refractivity contribution in [3.05, 3.63) is 59.7 Å². The lowest BCUT2D eigenvalue weighted by molar-refractivity contribution is -0.162. The highest BCUT2D eigenvalue weighted by molar-refractivity contribution is 7.89. The van der Waals surface area contributed by atoms with E-state index in [0.29, 0.717) is 24.3 Å². The second-order valence-electron chi connectivity index (χ2n) is 7.87. The highest BCUT2D eigenvalue weighted by Crippen LogP contribution is 2.23. The quantitative estimate of drug-likeness (QED) is 0.604. The zero-order chi connectivity index (χ0) is 24.3. The van der Waals surface area contributed by atoms with Crippen molar-refractivity contribution in [3.63, 3.8) is 0 Å². The summed E-state index contributed by atoms with van der Waals surface area (Å²) in [4.78, 5) is 37.2. The van der Waals surface area contributed by atoms with E-state index >= 15 is 0 Å². The molecular formula is C23H24N2O8S. The second-order valence-corrected chi connectivity index (χ2v) is 9.81. The fourth-order valence-corrected chi connectivity index (χ4v) is 5.14. The molecule has 11 heteroatoms. The first-order valence-electron chi connectivity index (χ1n) is 10.7. The van der Waals surface area contributed by atoms with E-state index in [1.807, 2.05) is 0 Å². The Morgan fingerprint density at radius 3 is 2.62 bits per heavy atom. The van der Waals surface area contributed by atoms with Gasteiger partial charge in [0.25, 0.3) is 5.91 Å². The summed E-state index contributed by atoms with van der Waals surface area (Å²) in [6.45, 7) is 2.52. The molecule has 0 unspecified atom stereocenters. The molecule has 4 rings (SSSR count). The van der Waals surface area contributed by atoms with Crippen molar-refractivity contribution in [1.29, 1.82) is 0 Å². The molecule has 0 aromatic heterocycles. The van der Waals surface area contributed by atoms with Crippen LogP contribution in [-0.2, 0) is 40.2 Å². The predicted octanol–water partition coefficient (Wildman–Crippen LogP) is 1.36. The summed E-state index contributed by atoms with van der Waals surface area (Å²) in [5.74, 6) is -2.12. The maximum Gasteiger partial charge on any atom is 0.348 e. The minimum Gasteiger partial charge on any atom is -0.450 e. The van der Waals surface area contributed by atoms with Gasteiger partial charge in [-0.2, -0.15) is 4.31 Å². The highest BCUT2D eigenvalue weighted by Gasteiger charge is 2.34. The summed E-state index contributed by atoms with van der Waals surface area (Å²) in [5, 5.41) is 2.56. The molecule has 1 saturated heterocycles. The molecule has 10 nitrogen and oxygen atoms in total. The summed E-state index contributed by atoms with van der Waals surface area (Å²) in [7, 11) is -3.74. The fraction of sp³-hybridized carbons (Fsp3) is 0.348. The minimum atomic E-state index is -3.74. The van der Waals surface area contributed by atoms with Gasteiger partial charge in [-0.05, 0) is 36.8 Å². The standard InChI is InChI=1S/C23H24N2O8S/c1-15(32-23(28)20-13-16-5-2-3-8-19(16)22(27)33-20)21(26)24-17-6-4-7-18(14-17)34(29,30)25-9-11-31-12-10-25/h2-8,14-15,20H,9-13H2,1H3,(H,24,26)/t15-,20-/m0/s1. The van der Waals surface area contributed by atoms with Gasteiger partial charge in [0.1, 0.15) is 0 Å². The smallest absolute Gasteiger partial charge is 0.348 e. The van der Waals surface area contributed by atoms with E-state index < -0.39 is 40.1 Å². The Morgan fingerprint density at radius 2 is 1.85 bits per heavy atom. The van der Waals surface area contributed by atoms with Crippen LogP contribution in [0.25, 0.3) is 0 Å². The van der Waals surface area contributed by atoms with E-state index in [-0.39, 0.29) is 30.1 Å². The molecule has 0 aliphatic carbocycles. The number of fused-ring (bicyclic) bond motifs is 1. The lowest BCUT2D eigenvalue weighted by Crippen LogP contribution is -2.40. The van der Waals surface area contributed by atoms with E-state index in [1.54, 1.807) is 24.3 Å². The van der Waals surface area contributed by atoms with Crippen molar-refractivity contribution in [3.8, 4) is 0 Å². The molecule has 2 heterocycles. The normalized spacial score (nSPS) is 19.4. The molecule has 0 radical (unpaired) electrons. The van der Waals surface area contributed by atoms with Gasteiger partial charge in [0.15, 0.2) is 6.10 Å². The maximum atomic E-state index is 12.8. The Hall–Kier alpha value is -3.28. The van der Waals surface area contributed by atoms with Crippen molar-refractivity contribution in [2.45, 2.75) is 30.4 Å². The molecule has 2 atom stereocenters. The molecule has 0 saturated carbocycles. The number of benzene rings is 2. The van der Waals surface area contributed by atoms with Gasteiger partial charge >= 0.3 is 11.9 Å². The largest absolute Gasteiger partial charge is 0.450 e. The van der Waals surface area contributed by atoms with Crippen LogP contribution < -0.4 is 5.32 Å². The van der Waals surface area contributed by atoms with Crippen LogP contribution in [-0.4, -0.2) is 69.1 Å². The molecular weight excluding hydrogens is 464 g/mol. The molecule has 2 aromatic carbocycles. The van der Waals surface area contributed by atoms with E-state index in [1.165, 1.54) is 35.5 Å². The van der Waals surface area contributed by atoms with Gasteiger partial charge in [0, 0.05) is 25.2 Å². The van der Waals surface area contributed by atoms with Crippen molar-refractivity contribution < 1.29 is 37.0 Å². The fourth-order valence-electron chi connectivity index (χ4n) is 3.68. The maximum absolute atomic E-state index is 12.8. The number of hydrogen-bond donors (Lipinski definition) is 1. The number of sulfonamides is 1. The van der Waals surface area contributed by atoms with Gasteiger partial charge in [0.2, 0.25) is 16.1 Å². The first-order valence-corrected chi connectivity index (χ1v) is 12.2. The van der Waals surface area contributed by atoms with Crippen LogP contribution in [0.3, 0.4) is 0 Å². The lowest BCUT2D eigenvalue weighted by atomic mass is 9.99. The first-order chi connectivity index (χ1) is 16.3. The van der Waals surface area contributed by atoms with Crippen LogP contribution >= 0.6 is 0 Å². The van der Waals surface area contributed by atoms with E-state index in [2.05, 4.69) is 5.32 Å². The Bertz CT molecular complexity index is 1210. The van der Waals surface area contributed by atoms with Crippen LogP contribution in [0.2, 0.25) is 0 Å². The third kappa shape index (κ3) is 5.11. The van der Waals surface area contributed by atoms with Crippen molar-refractivity contribution in [1.82, 2.24) is 4.31 Å². The number of cyclic esters (lactones) is 1. The number of ether oxygens (including phenoxy) is 3. The Labute approximate surface area is 196 Å². The van der Waals surface area contributed by atoms with Crippen LogP contribution in [0.4, 0.5) is 5.69 Å². The molecule has 1 fully saturated rings. The number of nitrogens with one attached hydrogen (secondary N) is 1. The number of nitrogens with zero attached hydrogens (tertiary/aromatic N) is 1. The van der Waals surface area contributed by atoms with Crippen molar-refractivity contribution in [2.24, 2.45) is 0 Å². The molecule has 0 spiro atoms. The van der Waals surface area contributed by atoms with Gasteiger partial charge < -0.3 is 19.5 Å². The SMILES string of the molecule is C[C@H](OC(=O)[C@@H]1Cc2ccccc2C(=O)O1)C(=O)Nc1cccc(S(=O)(=O)N2CCOCC2)c1. The number of amides is 1. The molecule has 2 aliphatic heterocycles. The lowest BCUT2D eigenvalue weighted by Gasteiger charge is -2.26. The minimum absolute atomic E-state index is 0.0321. The van der Waals surface area contributed by atoms with Gasteiger partial charge in [-0.1, -0.05) is 24.3 Å². The van der Waals surface area contributed by atoms with E-state index in [9.17, 15) is 22.8 Å². The third-order valence-corrected chi connectivity index (χ3v) is 7.42. The Balaban J connectivity index is 1.38. The van der Waals surface area contributed by atoms with Crippen molar-refractivity contribution >= 4 is 33.6 Å². The van der Waals surface area contributed by atoms with Crippen LogP contribution in [0.1, 0.15) is 22.8 Å². The van der Waals surface area contributed by atoms with Crippen LogP contribution in [0, 0.1) is 0 Å². The van der Waals surface area contributed by atoms with Gasteiger partial charge in [-0.25, -0.2) is 18.0 Å². The zero-order valence-electron chi connectivity index (χ0n) is 18.4. The number of carbonyl (C=O) groups excluding carboxylic acids is 3. The Kier molecular flexibility index (Phi) is 6.96. The zero-order valence-corrected chi connectivity index (χ0v) is 19.2. The summed E-state index contributed by atoms with van der Waals surface area (Å²) in [6.07, 6.45) is -2.21. The van der Waals surface area contributed by atoms with E-state index in [4.69, 9.17) is 14.2 Å². The first kappa shape index (κ1) is 23.9. The van der Waals surface area contributed by atoms with Gasteiger partial charge in [-0.15, -0.1) is 0 Å². The van der Waals surface area contributed by atoms with Crippen molar-refractivity contribution in [2.75, 3.05) is 31.6 Å². The molecule has 0 bridgehead atoms. The summed E-state index contributed by atoms with van der Waals surface area (Å²) in [5.41, 5.74) is 1.29. The van der Waals surface area contributed by atoms with E-state index in [0.717, 1.165) is 0 Å². The number of rotatable bonds is 6. The number of carbonyl (C=O) groups is 3. The summed E-state index contributed by atoms with van der Waals surface area (Å²) < 4.78 is 42.6.